The first-order valence-corrected chi connectivity index (χ1v) is 7.41. The van der Waals surface area contributed by atoms with Gasteiger partial charge < -0.3 is 21.1 Å². The number of piperidine rings is 1. The van der Waals surface area contributed by atoms with Crippen molar-refractivity contribution in [2.45, 2.75) is 45.6 Å². The van der Waals surface area contributed by atoms with E-state index >= 15 is 0 Å². The van der Waals surface area contributed by atoms with E-state index in [1.165, 1.54) is 0 Å². The van der Waals surface area contributed by atoms with Crippen LogP contribution in [0.2, 0.25) is 0 Å². The van der Waals surface area contributed by atoms with Crippen molar-refractivity contribution in [1.29, 1.82) is 0 Å². The fourth-order valence-corrected chi connectivity index (χ4v) is 2.53. The number of carboxylic acids is 1. The molecule has 0 spiro atoms. The lowest BCUT2D eigenvalue weighted by Gasteiger charge is -2.33. The number of nitrogens with one attached hydrogen (secondary N) is 1. The molecule has 2 atom stereocenters. The van der Waals surface area contributed by atoms with Crippen molar-refractivity contribution in [3.05, 3.63) is 0 Å². The summed E-state index contributed by atoms with van der Waals surface area (Å²) in [5, 5.41) is 11.8. The van der Waals surface area contributed by atoms with Gasteiger partial charge in [0.2, 0.25) is 5.91 Å². The van der Waals surface area contributed by atoms with Gasteiger partial charge >= 0.3 is 12.0 Å². The molecular formula is C14H25N3O4. The normalized spacial score (nSPS) is 18.9. The van der Waals surface area contributed by atoms with E-state index in [9.17, 15) is 19.5 Å². The summed E-state index contributed by atoms with van der Waals surface area (Å²) in [7, 11) is 0. The monoisotopic (exact) mass is 299 g/mol. The van der Waals surface area contributed by atoms with Gasteiger partial charge in [0, 0.05) is 19.5 Å². The summed E-state index contributed by atoms with van der Waals surface area (Å²) in [6, 6.07) is -1.22. The molecule has 1 aliphatic heterocycles. The van der Waals surface area contributed by atoms with Gasteiger partial charge in [-0.15, -0.1) is 0 Å². The predicted octanol–water partition coefficient (Wildman–Crippen LogP) is 0.783. The fraction of sp³-hybridized carbons (Fsp3) is 0.786. The van der Waals surface area contributed by atoms with E-state index in [4.69, 9.17) is 5.73 Å². The molecule has 0 aliphatic carbocycles. The van der Waals surface area contributed by atoms with Crippen molar-refractivity contribution >= 4 is 17.9 Å². The number of likely N-dealkylation sites (tertiary alicyclic amines) is 1. The Morgan fingerprint density at radius 1 is 1.33 bits per heavy atom. The summed E-state index contributed by atoms with van der Waals surface area (Å²) in [5.74, 6) is -1.24. The number of nitrogens with zero attached hydrogens (tertiary/aromatic N) is 1. The summed E-state index contributed by atoms with van der Waals surface area (Å²) in [6.45, 7) is 4.74. The molecule has 7 heteroatoms. The van der Waals surface area contributed by atoms with Gasteiger partial charge in [-0.05, 0) is 24.7 Å². The molecular weight excluding hydrogens is 274 g/mol. The molecule has 1 fully saturated rings. The van der Waals surface area contributed by atoms with Gasteiger partial charge in [-0.2, -0.15) is 0 Å². The lowest BCUT2D eigenvalue weighted by molar-refractivity contribution is -0.140. The van der Waals surface area contributed by atoms with Gasteiger partial charge in [-0.3, -0.25) is 4.79 Å². The Balaban J connectivity index is 2.49. The van der Waals surface area contributed by atoms with Gasteiger partial charge in [-0.25, -0.2) is 9.59 Å². The molecule has 7 nitrogen and oxygen atoms in total. The molecule has 0 aromatic rings. The van der Waals surface area contributed by atoms with Crippen molar-refractivity contribution < 1.29 is 19.5 Å². The highest BCUT2D eigenvalue weighted by Gasteiger charge is 2.29. The van der Waals surface area contributed by atoms with E-state index in [2.05, 4.69) is 5.32 Å². The molecule has 120 valence electrons. The first kappa shape index (κ1) is 17.3. The van der Waals surface area contributed by atoms with Gasteiger partial charge in [0.15, 0.2) is 0 Å². The molecule has 0 radical (unpaired) electrons. The molecule has 1 heterocycles. The quantitative estimate of drug-likeness (QED) is 0.672. The zero-order valence-corrected chi connectivity index (χ0v) is 12.7. The van der Waals surface area contributed by atoms with Crippen LogP contribution in [0.15, 0.2) is 0 Å². The van der Waals surface area contributed by atoms with Crippen molar-refractivity contribution in [3.63, 3.8) is 0 Å². The van der Waals surface area contributed by atoms with E-state index in [-0.39, 0.29) is 23.8 Å². The van der Waals surface area contributed by atoms with Crippen LogP contribution in [-0.4, -0.2) is 47.0 Å². The average Bonchev–Trinajstić information content (AvgIpc) is 2.43. The van der Waals surface area contributed by atoms with E-state index in [0.29, 0.717) is 25.9 Å². The van der Waals surface area contributed by atoms with Gasteiger partial charge in [0.1, 0.15) is 6.04 Å². The third-order valence-corrected chi connectivity index (χ3v) is 4.15. The molecule has 4 N–H and O–H groups in total. The third-order valence-electron chi connectivity index (χ3n) is 4.15. The Labute approximate surface area is 124 Å². The van der Waals surface area contributed by atoms with Crippen LogP contribution in [0.1, 0.15) is 39.5 Å². The number of carbonyl (C=O) groups excluding carboxylic acids is 2. The van der Waals surface area contributed by atoms with Crippen LogP contribution in [0.4, 0.5) is 4.79 Å². The largest absolute Gasteiger partial charge is 0.480 e. The number of nitrogens with two attached hydrogens (primary N) is 1. The van der Waals surface area contributed by atoms with E-state index < -0.39 is 12.0 Å². The maximum absolute atomic E-state index is 12.1. The van der Waals surface area contributed by atoms with Gasteiger partial charge in [0.25, 0.3) is 0 Å². The maximum atomic E-state index is 12.1. The SMILES string of the molecule is CCC(C)C(NC(=O)N1CCC(CC(N)=O)CC1)C(=O)O. The van der Waals surface area contributed by atoms with Crippen molar-refractivity contribution in [3.8, 4) is 0 Å². The summed E-state index contributed by atoms with van der Waals surface area (Å²) in [6.07, 6.45) is 2.47. The van der Waals surface area contributed by atoms with Crippen LogP contribution in [0, 0.1) is 11.8 Å². The van der Waals surface area contributed by atoms with E-state index in [0.717, 1.165) is 12.8 Å². The Hall–Kier alpha value is -1.79. The first-order valence-electron chi connectivity index (χ1n) is 7.41. The lowest BCUT2D eigenvalue weighted by Crippen LogP contribution is -2.52. The van der Waals surface area contributed by atoms with Crippen LogP contribution in [0.25, 0.3) is 0 Å². The number of carbonyl (C=O) groups is 3. The Bertz CT molecular complexity index is 392. The molecule has 1 saturated heterocycles. The Kier molecular flexibility index (Phi) is 6.45. The van der Waals surface area contributed by atoms with Crippen LogP contribution in [0.5, 0.6) is 0 Å². The summed E-state index contributed by atoms with van der Waals surface area (Å²) in [4.78, 5) is 35.8. The average molecular weight is 299 g/mol. The second kappa shape index (κ2) is 7.85. The summed E-state index contributed by atoms with van der Waals surface area (Å²) < 4.78 is 0. The molecule has 0 aromatic heterocycles. The third kappa shape index (κ3) is 5.24. The number of primary amides is 1. The van der Waals surface area contributed by atoms with Gasteiger partial charge in [-0.1, -0.05) is 20.3 Å². The number of aliphatic carboxylic acids is 1. The number of urea groups is 1. The summed E-state index contributed by atoms with van der Waals surface area (Å²) in [5.41, 5.74) is 5.17. The van der Waals surface area contributed by atoms with Crippen LogP contribution in [-0.2, 0) is 9.59 Å². The second-order valence-corrected chi connectivity index (χ2v) is 5.75. The zero-order chi connectivity index (χ0) is 16.0. The highest BCUT2D eigenvalue weighted by Crippen LogP contribution is 2.20. The fourth-order valence-electron chi connectivity index (χ4n) is 2.53. The van der Waals surface area contributed by atoms with Crippen molar-refractivity contribution in [2.75, 3.05) is 13.1 Å². The van der Waals surface area contributed by atoms with Crippen LogP contribution < -0.4 is 11.1 Å². The Morgan fingerprint density at radius 2 is 1.90 bits per heavy atom. The Morgan fingerprint density at radius 3 is 2.33 bits per heavy atom. The molecule has 21 heavy (non-hydrogen) atoms. The first-order chi connectivity index (χ1) is 9.85. The van der Waals surface area contributed by atoms with Gasteiger partial charge in [0.05, 0.1) is 0 Å². The highest BCUT2D eigenvalue weighted by molar-refractivity contribution is 5.82. The predicted molar refractivity (Wildman–Crippen MR) is 77.5 cm³/mol. The molecule has 1 rings (SSSR count). The smallest absolute Gasteiger partial charge is 0.326 e. The van der Waals surface area contributed by atoms with E-state index in [1.807, 2.05) is 6.92 Å². The highest BCUT2D eigenvalue weighted by atomic mass is 16.4. The number of rotatable bonds is 6. The molecule has 2 unspecified atom stereocenters. The minimum Gasteiger partial charge on any atom is -0.480 e. The molecule has 0 aromatic carbocycles. The lowest BCUT2D eigenvalue weighted by atomic mass is 9.93. The molecule has 0 bridgehead atoms. The van der Waals surface area contributed by atoms with Crippen molar-refractivity contribution in [2.24, 2.45) is 17.6 Å². The second-order valence-electron chi connectivity index (χ2n) is 5.75. The van der Waals surface area contributed by atoms with Crippen LogP contribution >= 0.6 is 0 Å². The zero-order valence-electron chi connectivity index (χ0n) is 12.7. The van der Waals surface area contributed by atoms with Crippen molar-refractivity contribution in [1.82, 2.24) is 10.2 Å². The molecule has 1 aliphatic rings. The number of carboxylic acid groups (broad SMARTS) is 1. The standard InChI is InChI=1S/C14H25N3O4/c1-3-9(2)12(13(19)20)16-14(21)17-6-4-10(5-7-17)8-11(15)18/h9-10,12H,3-8H2,1-2H3,(H2,15,18)(H,16,21)(H,19,20). The number of hydrogen-bond acceptors (Lipinski definition) is 3. The number of amides is 3. The summed E-state index contributed by atoms with van der Waals surface area (Å²) >= 11 is 0. The maximum Gasteiger partial charge on any atom is 0.326 e. The van der Waals surface area contributed by atoms with Crippen LogP contribution in [0.3, 0.4) is 0 Å². The minimum absolute atomic E-state index is 0.126. The minimum atomic E-state index is -1.01. The topological polar surface area (TPSA) is 113 Å². The molecule has 3 amide bonds. The molecule has 0 saturated carbocycles. The van der Waals surface area contributed by atoms with E-state index in [1.54, 1.807) is 11.8 Å². The number of hydrogen-bond donors (Lipinski definition) is 3.